The summed E-state index contributed by atoms with van der Waals surface area (Å²) < 4.78 is 5.69. The Morgan fingerprint density at radius 3 is 2.41 bits per heavy atom. The van der Waals surface area contributed by atoms with Crippen molar-refractivity contribution < 1.29 is 14.6 Å². The fourth-order valence-electron chi connectivity index (χ4n) is 2.06. The molecule has 0 spiro atoms. The highest BCUT2D eigenvalue weighted by molar-refractivity contribution is 7.13. The number of aromatic carboxylic acids is 1. The molecule has 1 heterocycles. The van der Waals surface area contributed by atoms with Crippen LogP contribution in [0.5, 0.6) is 5.75 Å². The van der Waals surface area contributed by atoms with Crippen LogP contribution >= 0.6 is 11.3 Å². The molecule has 22 heavy (non-hydrogen) atoms. The Labute approximate surface area is 134 Å². The van der Waals surface area contributed by atoms with Crippen molar-refractivity contribution in [2.24, 2.45) is 0 Å². The number of carboxylic acids is 1. The Kier molecular flexibility index (Phi) is 4.86. The molecule has 2 rings (SSSR count). The average Bonchev–Trinajstić information content (AvgIpc) is 2.80. The molecule has 0 saturated carbocycles. The Bertz CT molecular complexity index is 654. The monoisotopic (exact) mass is 318 g/mol. The van der Waals surface area contributed by atoms with E-state index in [0.717, 1.165) is 22.1 Å². The van der Waals surface area contributed by atoms with Crippen molar-refractivity contribution in [1.29, 1.82) is 0 Å². The third-order valence-corrected chi connectivity index (χ3v) is 4.53. The van der Waals surface area contributed by atoms with E-state index in [9.17, 15) is 9.90 Å². The molecule has 0 bridgehead atoms. The highest BCUT2D eigenvalue weighted by Crippen LogP contribution is 2.24. The predicted octanol–water partition coefficient (Wildman–Crippen LogP) is 2.73. The van der Waals surface area contributed by atoms with E-state index in [1.165, 1.54) is 5.56 Å². The van der Waals surface area contributed by atoms with E-state index < -0.39 is 5.97 Å². The summed E-state index contributed by atoms with van der Waals surface area (Å²) >= 11 is 1.16. The minimum Gasteiger partial charge on any atom is -0.544 e. The molecule has 4 nitrogen and oxygen atoms in total. The van der Waals surface area contributed by atoms with E-state index in [0.29, 0.717) is 18.7 Å². The van der Waals surface area contributed by atoms with Gasteiger partial charge in [0.1, 0.15) is 5.75 Å². The zero-order chi connectivity index (χ0) is 16.3. The number of aromatic nitrogens is 1. The molecule has 0 aliphatic heterocycles. The first kappa shape index (κ1) is 16.5. The van der Waals surface area contributed by atoms with Gasteiger partial charge in [0.05, 0.1) is 28.2 Å². The smallest absolute Gasteiger partial charge is 0.119 e. The summed E-state index contributed by atoms with van der Waals surface area (Å²) in [7, 11) is 0. The maximum Gasteiger partial charge on any atom is 0.119 e. The molecule has 0 radical (unpaired) electrons. The zero-order valence-electron chi connectivity index (χ0n) is 13.3. The van der Waals surface area contributed by atoms with Gasteiger partial charge >= 0.3 is 0 Å². The summed E-state index contributed by atoms with van der Waals surface area (Å²) in [5, 5.41) is 11.6. The van der Waals surface area contributed by atoms with Gasteiger partial charge in [0.2, 0.25) is 0 Å². The Morgan fingerprint density at radius 2 is 1.91 bits per heavy atom. The van der Waals surface area contributed by atoms with Crippen LogP contribution in [0.25, 0.3) is 0 Å². The van der Waals surface area contributed by atoms with Crippen molar-refractivity contribution in [3.05, 3.63) is 45.4 Å². The Hall–Kier alpha value is -1.88. The molecule has 0 amide bonds. The third kappa shape index (κ3) is 4.07. The molecular weight excluding hydrogens is 298 g/mol. The second-order valence-electron chi connectivity index (χ2n) is 6.18. The first-order valence-electron chi connectivity index (χ1n) is 7.18. The largest absolute Gasteiger partial charge is 0.544 e. The Morgan fingerprint density at radius 1 is 1.27 bits per heavy atom. The molecule has 0 aliphatic carbocycles. The maximum atomic E-state index is 10.9. The van der Waals surface area contributed by atoms with Crippen LogP contribution in [-0.2, 0) is 11.8 Å². The van der Waals surface area contributed by atoms with Gasteiger partial charge in [0, 0.05) is 6.42 Å². The quantitative estimate of drug-likeness (QED) is 0.850. The highest BCUT2D eigenvalue weighted by Gasteiger charge is 2.13. The molecule has 0 unspecified atom stereocenters. The van der Waals surface area contributed by atoms with Crippen molar-refractivity contribution >= 4 is 17.3 Å². The van der Waals surface area contributed by atoms with Crippen LogP contribution in [0.4, 0.5) is 0 Å². The van der Waals surface area contributed by atoms with Crippen molar-refractivity contribution in [3.63, 3.8) is 0 Å². The number of hydrogen-bond donors (Lipinski definition) is 0. The summed E-state index contributed by atoms with van der Waals surface area (Å²) in [5.41, 5.74) is 1.89. The van der Waals surface area contributed by atoms with Crippen molar-refractivity contribution in [1.82, 2.24) is 4.98 Å². The fraction of sp³-hybridized carbons (Fsp3) is 0.412. The van der Waals surface area contributed by atoms with Gasteiger partial charge < -0.3 is 14.6 Å². The molecule has 2 aromatic rings. The van der Waals surface area contributed by atoms with Gasteiger partial charge in [0.25, 0.3) is 0 Å². The number of aryl methyl sites for hydroxylation is 1. The third-order valence-electron chi connectivity index (χ3n) is 3.33. The van der Waals surface area contributed by atoms with E-state index in [4.69, 9.17) is 4.74 Å². The molecule has 0 N–H and O–H groups in total. The normalized spacial score (nSPS) is 11.5. The standard InChI is InChI=1S/C17H21NO3S/c1-11-15(16(19)20)22-14(18-11)9-10-21-13-7-5-12(6-8-13)17(2,3)4/h5-8H,9-10H2,1-4H3,(H,19,20)/p-1. The number of carbonyl (C=O) groups is 1. The first-order chi connectivity index (χ1) is 10.3. The fourth-order valence-corrected chi connectivity index (χ4v) is 2.94. The van der Waals surface area contributed by atoms with Gasteiger partial charge in [-0.3, -0.25) is 0 Å². The predicted molar refractivity (Wildman–Crippen MR) is 85.5 cm³/mol. The minimum absolute atomic E-state index is 0.123. The number of rotatable bonds is 5. The van der Waals surface area contributed by atoms with Crippen LogP contribution in [0.2, 0.25) is 0 Å². The van der Waals surface area contributed by atoms with Crippen LogP contribution < -0.4 is 9.84 Å². The summed E-state index contributed by atoms with van der Waals surface area (Å²) in [5.74, 6) is -0.360. The van der Waals surface area contributed by atoms with Gasteiger partial charge in [0.15, 0.2) is 0 Å². The van der Waals surface area contributed by atoms with E-state index in [1.54, 1.807) is 6.92 Å². The van der Waals surface area contributed by atoms with E-state index in [1.807, 2.05) is 12.1 Å². The van der Waals surface area contributed by atoms with Gasteiger partial charge in [-0.05, 0) is 30.0 Å². The highest BCUT2D eigenvalue weighted by atomic mass is 32.1. The van der Waals surface area contributed by atoms with Crippen molar-refractivity contribution in [3.8, 4) is 5.75 Å². The molecule has 1 aromatic heterocycles. The lowest BCUT2D eigenvalue weighted by Gasteiger charge is -2.19. The van der Waals surface area contributed by atoms with E-state index in [-0.39, 0.29) is 10.3 Å². The van der Waals surface area contributed by atoms with Gasteiger partial charge in [-0.25, -0.2) is 4.98 Å². The molecule has 0 saturated heterocycles. The lowest BCUT2D eigenvalue weighted by atomic mass is 9.87. The van der Waals surface area contributed by atoms with Crippen molar-refractivity contribution in [2.45, 2.75) is 39.5 Å². The van der Waals surface area contributed by atoms with Gasteiger partial charge in [-0.1, -0.05) is 32.9 Å². The molecular formula is C17H20NO3S-. The number of nitrogens with zero attached hydrogens (tertiary/aromatic N) is 1. The van der Waals surface area contributed by atoms with Crippen LogP contribution in [0.1, 0.15) is 46.7 Å². The average molecular weight is 318 g/mol. The number of thiazole rings is 1. The number of hydrogen-bond acceptors (Lipinski definition) is 5. The molecule has 0 fully saturated rings. The SMILES string of the molecule is Cc1nc(CCOc2ccc(C(C)(C)C)cc2)sc1C(=O)[O-]. The summed E-state index contributed by atoms with van der Waals surface area (Å²) in [6.45, 7) is 8.65. The topological polar surface area (TPSA) is 62.2 Å². The van der Waals surface area contributed by atoms with Crippen LogP contribution in [0, 0.1) is 6.92 Å². The second kappa shape index (κ2) is 6.48. The lowest BCUT2D eigenvalue weighted by molar-refractivity contribution is -0.254. The molecule has 1 aromatic carbocycles. The van der Waals surface area contributed by atoms with E-state index in [2.05, 4.69) is 37.9 Å². The Balaban J connectivity index is 1.91. The van der Waals surface area contributed by atoms with Gasteiger partial charge in [-0.15, -0.1) is 11.3 Å². The molecule has 5 heteroatoms. The van der Waals surface area contributed by atoms with E-state index >= 15 is 0 Å². The molecule has 118 valence electrons. The zero-order valence-corrected chi connectivity index (χ0v) is 14.1. The maximum absolute atomic E-state index is 10.9. The van der Waals surface area contributed by atoms with Crippen LogP contribution in [0.3, 0.4) is 0 Å². The number of carbonyl (C=O) groups excluding carboxylic acids is 1. The molecule has 0 atom stereocenters. The summed E-state index contributed by atoms with van der Waals surface area (Å²) in [4.78, 5) is 15.3. The van der Waals surface area contributed by atoms with Crippen LogP contribution in [0.15, 0.2) is 24.3 Å². The lowest BCUT2D eigenvalue weighted by Crippen LogP contribution is -2.21. The number of benzene rings is 1. The minimum atomic E-state index is -1.17. The first-order valence-corrected chi connectivity index (χ1v) is 8.00. The molecule has 0 aliphatic rings. The van der Waals surface area contributed by atoms with Crippen molar-refractivity contribution in [2.75, 3.05) is 6.61 Å². The summed E-state index contributed by atoms with van der Waals surface area (Å²) in [6.07, 6.45) is 0.583. The van der Waals surface area contributed by atoms with Crippen LogP contribution in [-0.4, -0.2) is 17.6 Å². The number of carboxylic acid groups (broad SMARTS) is 1. The second-order valence-corrected chi connectivity index (χ2v) is 7.27. The summed E-state index contributed by atoms with van der Waals surface area (Å²) in [6, 6.07) is 8.05. The van der Waals surface area contributed by atoms with Gasteiger partial charge in [-0.2, -0.15) is 0 Å². The number of ether oxygens (including phenoxy) is 1.